The minimum Gasteiger partial charge on any atom is -0.368 e. The molecular formula is C13H18N4. The summed E-state index contributed by atoms with van der Waals surface area (Å²) in [7, 11) is 4.23. The van der Waals surface area contributed by atoms with Gasteiger partial charge < -0.3 is 9.80 Å². The van der Waals surface area contributed by atoms with Gasteiger partial charge in [-0.2, -0.15) is 5.26 Å². The van der Waals surface area contributed by atoms with Crippen LogP contribution in [0.15, 0.2) is 18.3 Å². The van der Waals surface area contributed by atoms with Gasteiger partial charge in [0.25, 0.3) is 0 Å². The van der Waals surface area contributed by atoms with Crippen molar-refractivity contribution in [3.8, 4) is 6.07 Å². The molecule has 2 rings (SSSR count). The van der Waals surface area contributed by atoms with Crippen LogP contribution >= 0.6 is 0 Å². The minimum absolute atomic E-state index is 0.534. The van der Waals surface area contributed by atoms with Crippen LogP contribution in [0.3, 0.4) is 0 Å². The van der Waals surface area contributed by atoms with Crippen LogP contribution in [0.25, 0.3) is 0 Å². The van der Waals surface area contributed by atoms with E-state index in [9.17, 15) is 0 Å². The summed E-state index contributed by atoms with van der Waals surface area (Å²) in [5.74, 6) is 0. The van der Waals surface area contributed by atoms with Crippen molar-refractivity contribution in [1.29, 1.82) is 5.26 Å². The molecule has 0 aliphatic carbocycles. The molecule has 1 aromatic heterocycles. The molecule has 0 aromatic carbocycles. The first-order chi connectivity index (χ1) is 8.22. The zero-order valence-electron chi connectivity index (χ0n) is 10.4. The fourth-order valence-corrected chi connectivity index (χ4v) is 2.33. The number of hydrogen-bond donors (Lipinski definition) is 0. The molecule has 0 bridgehead atoms. The van der Waals surface area contributed by atoms with E-state index in [0.717, 1.165) is 18.8 Å². The highest BCUT2D eigenvalue weighted by molar-refractivity contribution is 5.56. The van der Waals surface area contributed by atoms with Gasteiger partial charge >= 0.3 is 0 Å². The van der Waals surface area contributed by atoms with Crippen LogP contribution in [0.4, 0.5) is 5.69 Å². The van der Waals surface area contributed by atoms with Gasteiger partial charge in [0, 0.05) is 25.3 Å². The van der Waals surface area contributed by atoms with E-state index in [2.05, 4.69) is 34.9 Å². The Morgan fingerprint density at radius 2 is 2.35 bits per heavy atom. The van der Waals surface area contributed by atoms with Crippen LogP contribution in [0.2, 0.25) is 0 Å². The Labute approximate surface area is 102 Å². The van der Waals surface area contributed by atoms with Gasteiger partial charge in [-0.25, -0.2) is 4.98 Å². The van der Waals surface area contributed by atoms with Crippen molar-refractivity contribution in [2.45, 2.75) is 18.9 Å². The van der Waals surface area contributed by atoms with E-state index in [-0.39, 0.29) is 0 Å². The van der Waals surface area contributed by atoms with Gasteiger partial charge in [0.1, 0.15) is 6.07 Å². The van der Waals surface area contributed by atoms with Gasteiger partial charge in [0.05, 0.1) is 5.69 Å². The van der Waals surface area contributed by atoms with Crippen molar-refractivity contribution in [3.63, 3.8) is 0 Å². The maximum absolute atomic E-state index is 9.07. The largest absolute Gasteiger partial charge is 0.368 e. The highest BCUT2D eigenvalue weighted by Crippen LogP contribution is 2.23. The number of pyridine rings is 1. The molecule has 17 heavy (non-hydrogen) atoms. The molecule has 0 radical (unpaired) electrons. The Bertz CT molecular complexity index is 422. The summed E-state index contributed by atoms with van der Waals surface area (Å²) in [6, 6.07) is 6.62. The zero-order chi connectivity index (χ0) is 12.3. The first-order valence-electron chi connectivity index (χ1n) is 5.99. The summed E-state index contributed by atoms with van der Waals surface area (Å²) >= 11 is 0. The lowest BCUT2D eigenvalue weighted by molar-refractivity contribution is 0.258. The van der Waals surface area contributed by atoms with Gasteiger partial charge in [-0.3, -0.25) is 0 Å². The summed E-state index contributed by atoms with van der Waals surface area (Å²) in [5, 5.41) is 9.07. The quantitative estimate of drug-likeness (QED) is 0.772. The van der Waals surface area contributed by atoms with Crippen LogP contribution in [0.1, 0.15) is 18.5 Å². The van der Waals surface area contributed by atoms with Crippen LogP contribution in [0, 0.1) is 11.3 Å². The lowest BCUT2D eigenvalue weighted by Crippen LogP contribution is -2.45. The van der Waals surface area contributed by atoms with Gasteiger partial charge in [-0.1, -0.05) is 0 Å². The fraction of sp³-hybridized carbons (Fsp3) is 0.538. The molecule has 1 saturated heterocycles. The summed E-state index contributed by atoms with van der Waals surface area (Å²) in [6.45, 7) is 2.00. The smallest absolute Gasteiger partial charge is 0.163 e. The Hall–Kier alpha value is -1.60. The standard InChI is InChI=1S/C13H18N4/c1-16(2)11-5-4-8-17(10-11)13-6-3-7-15-12(13)9-14/h3,6-7,11H,4-5,8,10H2,1-2H3. The number of likely N-dealkylation sites (N-methyl/N-ethyl adjacent to an activating group) is 1. The monoisotopic (exact) mass is 230 g/mol. The Morgan fingerprint density at radius 3 is 3.06 bits per heavy atom. The number of nitriles is 1. The maximum atomic E-state index is 9.07. The maximum Gasteiger partial charge on any atom is 0.163 e. The molecule has 0 amide bonds. The number of nitrogens with zero attached hydrogens (tertiary/aromatic N) is 4. The number of hydrogen-bond acceptors (Lipinski definition) is 4. The zero-order valence-corrected chi connectivity index (χ0v) is 10.4. The lowest BCUT2D eigenvalue weighted by atomic mass is 10.0. The van der Waals surface area contributed by atoms with E-state index in [4.69, 9.17) is 5.26 Å². The molecule has 1 aliphatic heterocycles. The number of aromatic nitrogens is 1. The fourth-order valence-electron chi connectivity index (χ4n) is 2.33. The third-order valence-electron chi connectivity index (χ3n) is 3.36. The van der Waals surface area contributed by atoms with Gasteiger partial charge in [0.15, 0.2) is 5.69 Å². The van der Waals surface area contributed by atoms with E-state index < -0.39 is 0 Å². The normalized spacial score (nSPS) is 20.4. The first kappa shape index (κ1) is 11.9. The second-order valence-electron chi connectivity index (χ2n) is 4.69. The van der Waals surface area contributed by atoms with E-state index >= 15 is 0 Å². The molecule has 0 saturated carbocycles. The summed E-state index contributed by atoms with van der Waals surface area (Å²) in [6.07, 6.45) is 4.07. The van der Waals surface area contributed by atoms with E-state index in [1.54, 1.807) is 6.20 Å². The van der Waals surface area contributed by atoms with Crippen LogP contribution in [-0.4, -0.2) is 43.1 Å². The summed E-state index contributed by atoms with van der Waals surface area (Å²) in [5.41, 5.74) is 1.51. The van der Waals surface area contributed by atoms with Crippen LogP contribution in [-0.2, 0) is 0 Å². The predicted octanol–water partition coefficient (Wildman–Crippen LogP) is 1.48. The molecule has 90 valence electrons. The molecule has 1 atom stereocenters. The summed E-state index contributed by atoms with van der Waals surface area (Å²) < 4.78 is 0. The van der Waals surface area contributed by atoms with Crippen molar-refractivity contribution < 1.29 is 0 Å². The molecule has 1 unspecified atom stereocenters. The molecule has 0 spiro atoms. The molecule has 4 heteroatoms. The van der Waals surface area contributed by atoms with Crippen molar-refractivity contribution in [2.75, 3.05) is 32.1 Å². The molecule has 1 fully saturated rings. The molecular weight excluding hydrogens is 212 g/mol. The minimum atomic E-state index is 0.534. The average molecular weight is 230 g/mol. The highest BCUT2D eigenvalue weighted by atomic mass is 15.2. The molecule has 2 heterocycles. The molecule has 4 nitrogen and oxygen atoms in total. The van der Waals surface area contributed by atoms with Crippen molar-refractivity contribution >= 4 is 5.69 Å². The topological polar surface area (TPSA) is 43.2 Å². The summed E-state index contributed by atoms with van der Waals surface area (Å²) in [4.78, 5) is 8.66. The third-order valence-corrected chi connectivity index (χ3v) is 3.36. The second kappa shape index (κ2) is 5.15. The Kier molecular flexibility index (Phi) is 3.60. The van der Waals surface area contributed by atoms with Crippen molar-refractivity contribution in [1.82, 2.24) is 9.88 Å². The average Bonchev–Trinajstić information content (AvgIpc) is 2.39. The van der Waals surface area contributed by atoms with E-state index in [1.807, 2.05) is 12.1 Å². The lowest BCUT2D eigenvalue weighted by Gasteiger charge is -2.37. The number of anilines is 1. The van der Waals surface area contributed by atoms with Crippen LogP contribution < -0.4 is 4.90 Å². The highest BCUT2D eigenvalue weighted by Gasteiger charge is 2.23. The number of rotatable bonds is 2. The predicted molar refractivity (Wildman–Crippen MR) is 67.9 cm³/mol. The Morgan fingerprint density at radius 1 is 1.53 bits per heavy atom. The Balaban J connectivity index is 2.19. The van der Waals surface area contributed by atoms with Gasteiger partial charge in [0.2, 0.25) is 0 Å². The van der Waals surface area contributed by atoms with Crippen LogP contribution in [0.5, 0.6) is 0 Å². The number of piperidine rings is 1. The first-order valence-corrected chi connectivity index (χ1v) is 5.99. The molecule has 0 N–H and O–H groups in total. The second-order valence-corrected chi connectivity index (χ2v) is 4.69. The molecule has 1 aliphatic rings. The van der Waals surface area contributed by atoms with Crippen molar-refractivity contribution in [3.05, 3.63) is 24.0 Å². The van der Waals surface area contributed by atoms with Gasteiger partial charge in [-0.05, 0) is 39.1 Å². The van der Waals surface area contributed by atoms with E-state index in [0.29, 0.717) is 11.7 Å². The molecule has 1 aromatic rings. The van der Waals surface area contributed by atoms with Gasteiger partial charge in [-0.15, -0.1) is 0 Å². The SMILES string of the molecule is CN(C)C1CCCN(c2cccnc2C#N)C1. The van der Waals surface area contributed by atoms with Crippen molar-refractivity contribution in [2.24, 2.45) is 0 Å². The third kappa shape index (κ3) is 2.56. The van der Waals surface area contributed by atoms with E-state index in [1.165, 1.54) is 12.8 Å².